The van der Waals surface area contributed by atoms with Gasteiger partial charge in [0.15, 0.2) is 5.69 Å². The molecule has 10 heteroatoms. The minimum atomic E-state index is -1.06. The number of primary amides is 1. The van der Waals surface area contributed by atoms with Crippen LogP contribution < -0.4 is 16.6 Å². The molecule has 0 unspecified atom stereocenters. The monoisotopic (exact) mass is 290 g/mol. The van der Waals surface area contributed by atoms with E-state index in [1.54, 1.807) is 17.4 Å². The third-order valence-electron chi connectivity index (χ3n) is 2.54. The van der Waals surface area contributed by atoms with Gasteiger partial charge in [-0.1, -0.05) is 0 Å². The first kappa shape index (κ1) is 12.2. The largest absolute Gasteiger partial charge is 0.351 e. The maximum Gasteiger partial charge on any atom is 0.319 e. The minimum Gasteiger partial charge on any atom is -0.351 e. The van der Waals surface area contributed by atoms with Crippen molar-refractivity contribution in [2.45, 2.75) is 0 Å². The van der Waals surface area contributed by atoms with Crippen LogP contribution in [0, 0.1) is 0 Å². The van der Waals surface area contributed by atoms with Gasteiger partial charge < -0.3 is 10.7 Å². The molecule has 4 N–H and O–H groups in total. The summed E-state index contributed by atoms with van der Waals surface area (Å²) in [5.41, 5.74) is 5.51. The van der Waals surface area contributed by atoms with Crippen LogP contribution in [0.15, 0.2) is 16.9 Å². The van der Waals surface area contributed by atoms with Crippen LogP contribution in [-0.2, 0) is 0 Å². The van der Waals surface area contributed by atoms with Crippen molar-refractivity contribution < 1.29 is 9.59 Å². The first-order valence-electron chi connectivity index (χ1n) is 5.32. The number of aromatic nitrogens is 4. The number of aromatic amines is 1. The van der Waals surface area contributed by atoms with Crippen molar-refractivity contribution in [3.05, 3.63) is 28.2 Å². The highest BCUT2D eigenvalue weighted by atomic mass is 32.1. The molecule has 9 nitrogen and oxygen atoms in total. The van der Waals surface area contributed by atoms with Crippen molar-refractivity contribution in [3.8, 4) is 0 Å². The lowest BCUT2D eigenvalue weighted by Crippen LogP contribution is -2.38. The third-order valence-corrected chi connectivity index (χ3v) is 3.09. The number of carbonyl (C=O) groups excluding carboxylic acids is 2. The lowest BCUT2D eigenvalue weighted by molar-refractivity contribution is 0.0960. The topological polar surface area (TPSA) is 144 Å². The van der Waals surface area contributed by atoms with Gasteiger partial charge in [-0.25, -0.2) is 9.78 Å². The highest BCUT2D eigenvalue weighted by Gasteiger charge is 2.16. The number of rotatable bonds is 1. The van der Waals surface area contributed by atoms with Crippen molar-refractivity contribution >= 4 is 45.7 Å². The van der Waals surface area contributed by atoms with Gasteiger partial charge in [0.1, 0.15) is 11.0 Å². The molecular formula is C10H6N6O3S. The van der Waals surface area contributed by atoms with Crippen LogP contribution in [0.25, 0.3) is 22.1 Å². The van der Waals surface area contributed by atoms with Crippen LogP contribution in [0.1, 0.15) is 10.5 Å². The highest BCUT2D eigenvalue weighted by molar-refractivity contribution is 7.00. The van der Waals surface area contributed by atoms with E-state index in [4.69, 9.17) is 5.73 Å². The lowest BCUT2D eigenvalue weighted by atomic mass is 10.2. The molecule has 0 aliphatic rings. The van der Waals surface area contributed by atoms with Gasteiger partial charge in [0, 0.05) is 0 Å². The number of hydrogen-bond donors (Lipinski definition) is 3. The van der Waals surface area contributed by atoms with Crippen LogP contribution in [-0.4, -0.2) is 30.7 Å². The molecule has 0 atom stereocenters. The fourth-order valence-corrected chi connectivity index (χ4v) is 2.27. The Labute approximate surface area is 114 Å². The second-order valence-electron chi connectivity index (χ2n) is 3.82. The van der Waals surface area contributed by atoms with Gasteiger partial charge in [-0.3, -0.25) is 14.9 Å². The maximum atomic E-state index is 11.8. The standard InChI is InChI=1S/C10H6N6O3S/c11-10(19)14-9(18)7-8(17)13-5-3(12-7)1-2-4-6(5)16-20-15-4/h1-2H,(H,13,17)(H3,11,14,18,19). The Hall–Kier alpha value is -2.88. The predicted octanol–water partition coefficient (Wildman–Crippen LogP) is -0.264. The number of nitrogens with one attached hydrogen (secondary N) is 2. The van der Waals surface area contributed by atoms with Gasteiger partial charge in [-0.15, -0.1) is 0 Å². The van der Waals surface area contributed by atoms with Crippen molar-refractivity contribution in [1.29, 1.82) is 0 Å². The molecule has 2 aromatic heterocycles. The number of amides is 3. The van der Waals surface area contributed by atoms with Crippen LogP contribution >= 0.6 is 11.7 Å². The van der Waals surface area contributed by atoms with Crippen molar-refractivity contribution in [2.24, 2.45) is 5.73 Å². The lowest BCUT2D eigenvalue weighted by Gasteiger charge is -2.02. The van der Waals surface area contributed by atoms with E-state index in [9.17, 15) is 14.4 Å². The number of nitrogens with zero attached hydrogens (tertiary/aromatic N) is 3. The van der Waals surface area contributed by atoms with E-state index in [0.29, 0.717) is 22.1 Å². The second-order valence-corrected chi connectivity index (χ2v) is 4.35. The highest BCUT2D eigenvalue weighted by Crippen LogP contribution is 2.19. The van der Waals surface area contributed by atoms with Crippen LogP contribution in [0.3, 0.4) is 0 Å². The summed E-state index contributed by atoms with van der Waals surface area (Å²) in [6.45, 7) is 0. The molecule has 0 aliphatic carbocycles. The maximum absolute atomic E-state index is 11.8. The summed E-state index contributed by atoms with van der Waals surface area (Å²) in [6, 6.07) is 2.20. The van der Waals surface area contributed by atoms with E-state index in [-0.39, 0.29) is 0 Å². The fraction of sp³-hybridized carbons (Fsp3) is 0. The van der Waals surface area contributed by atoms with Gasteiger partial charge in [-0.2, -0.15) is 8.75 Å². The van der Waals surface area contributed by atoms with Gasteiger partial charge in [0.2, 0.25) is 0 Å². The average Bonchev–Trinajstić information content (AvgIpc) is 2.85. The summed E-state index contributed by atoms with van der Waals surface area (Å²) in [5.74, 6) is -0.961. The molecule has 0 aliphatic heterocycles. The number of urea groups is 1. The molecule has 0 saturated heterocycles. The number of hydrogen-bond acceptors (Lipinski definition) is 7. The SMILES string of the molecule is NC(=O)NC(=O)c1nc2ccc3nsnc3c2[nH]c1=O. The summed E-state index contributed by atoms with van der Waals surface area (Å²) >= 11 is 1.00. The molecular weight excluding hydrogens is 284 g/mol. The average molecular weight is 290 g/mol. The van der Waals surface area contributed by atoms with E-state index in [1.807, 2.05) is 0 Å². The Bertz CT molecular complexity index is 914. The van der Waals surface area contributed by atoms with Crippen molar-refractivity contribution in [1.82, 2.24) is 24.0 Å². The first-order chi connectivity index (χ1) is 9.56. The zero-order valence-electron chi connectivity index (χ0n) is 9.71. The molecule has 1 aromatic carbocycles. The van der Waals surface area contributed by atoms with Crippen LogP contribution in [0.5, 0.6) is 0 Å². The summed E-state index contributed by atoms with van der Waals surface area (Å²) in [6.07, 6.45) is 0. The zero-order valence-corrected chi connectivity index (χ0v) is 10.5. The molecule has 0 bridgehead atoms. The Morgan fingerprint density at radius 1 is 1.25 bits per heavy atom. The first-order valence-corrected chi connectivity index (χ1v) is 6.05. The molecule has 0 spiro atoms. The molecule has 0 radical (unpaired) electrons. The Morgan fingerprint density at radius 2 is 2.00 bits per heavy atom. The minimum absolute atomic E-state index is 0.361. The van der Waals surface area contributed by atoms with Gasteiger partial charge >= 0.3 is 6.03 Å². The van der Waals surface area contributed by atoms with Gasteiger partial charge in [0.05, 0.1) is 22.8 Å². The zero-order chi connectivity index (χ0) is 14.3. The number of H-pyrrole nitrogens is 1. The summed E-state index contributed by atoms with van der Waals surface area (Å²) < 4.78 is 8.09. The van der Waals surface area contributed by atoms with E-state index in [0.717, 1.165) is 11.7 Å². The van der Waals surface area contributed by atoms with E-state index < -0.39 is 23.2 Å². The molecule has 3 amide bonds. The smallest absolute Gasteiger partial charge is 0.319 e. The van der Waals surface area contributed by atoms with Crippen LogP contribution in [0.2, 0.25) is 0 Å². The van der Waals surface area contributed by atoms with Crippen LogP contribution in [0.4, 0.5) is 4.79 Å². The van der Waals surface area contributed by atoms with E-state index in [2.05, 4.69) is 18.7 Å². The van der Waals surface area contributed by atoms with Gasteiger partial charge in [0.25, 0.3) is 11.5 Å². The number of benzene rings is 1. The number of nitrogens with two attached hydrogens (primary N) is 1. The number of fused-ring (bicyclic) bond motifs is 3. The van der Waals surface area contributed by atoms with E-state index in [1.165, 1.54) is 0 Å². The Kier molecular flexibility index (Phi) is 2.64. The molecule has 3 aromatic rings. The normalized spacial score (nSPS) is 10.8. The summed E-state index contributed by atoms with van der Waals surface area (Å²) in [7, 11) is 0. The van der Waals surface area contributed by atoms with Gasteiger partial charge in [-0.05, 0) is 12.1 Å². The Morgan fingerprint density at radius 3 is 2.75 bits per heavy atom. The molecule has 2 heterocycles. The van der Waals surface area contributed by atoms with Crippen molar-refractivity contribution in [2.75, 3.05) is 0 Å². The molecule has 0 fully saturated rings. The number of carbonyl (C=O) groups is 2. The second kappa shape index (κ2) is 4.35. The Balaban J connectivity index is 2.24. The van der Waals surface area contributed by atoms with Crippen molar-refractivity contribution in [3.63, 3.8) is 0 Å². The number of imide groups is 1. The summed E-state index contributed by atoms with van der Waals surface area (Å²) in [5, 5.41) is 1.79. The molecule has 0 saturated carbocycles. The third kappa shape index (κ3) is 1.87. The predicted molar refractivity (Wildman–Crippen MR) is 70.4 cm³/mol. The van der Waals surface area contributed by atoms with E-state index >= 15 is 0 Å². The quantitative estimate of drug-likeness (QED) is 0.563. The fourth-order valence-electron chi connectivity index (χ4n) is 1.73. The summed E-state index contributed by atoms with van der Waals surface area (Å²) in [4.78, 5) is 40.5. The molecule has 20 heavy (non-hydrogen) atoms. The molecule has 3 rings (SSSR count). The molecule has 100 valence electrons.